The third-order valence-corrected chi connectivity index (χ3v) is 9.53. The Labute approximate surface area is 214 Å². The van der Waals surface area contributed by atoms with Gasteiger partial charge in [-0.15, -0.1) is 0 Å². The first kappa shape index (κ1) is 24.6. The number of fused-ring (bicyclic) bond motifs is 1. The number of benzene rings is 3. The Morgan fingerprint density at radius 3 is 2.14 bits per heavy atom. The highest BCUT2D eigenvalue weighted by Crippen LogP contribution is 2.44. The lowest BCUT2D eigenvalue weighted by Gasteiger charge is -2.37. The number of aromatic nitrogens is 1. The summed E-state index contributed by atoms with van der Waals surface area (Å²) in [6.45, 7) is 3.79. The summed E-state index contributed by atoms with van der Waals surface area (Å²) in [5, 5.41) is 1.52. The standard InChI is InChI=1S/C30H35N2O3S/c1-4-36(33,34)28-22-26(30(35-3)25-17-11-10-16-24(25)28)27-18-19-29(31(27)2)32(20-12-5-6-13-21-32)23-14-8-7-9-15-23/h7-11,14-19,22H,4-6,12-13,20-21H2,1-3H3/q+1. The van der Waals surface area contributed by atoms with E-state index in [1.165, 1.54) is 37.2 Å². The number of sulfone groups is 1. The van der Waals surface area contributed by atoms with E-state index in [9.17, 15) is 8.42 Å². The summed E-state index contributed by atoms with van der Waals surface area (Å²) >= 11 is 0. The predicted molar refractivity (Wildman–Crippen MR) is 149 cm³/mol. The number of para-hydroxylation sites is 1. The molecule has 188 valence electrons. The highest BCUT2D eigenvalue weighted by atomic mass is 32.2. The van der Waals surface area contributed by atoms with Crippen LogP contribution >= 0.6 is 0 Å². The number of hydrogen-bond donors (Lipinski definition) is 0. The van der Waals surface area contributed by atoms with E-state index in [1.54, 1.807) is 14.0 Å². The minimum Gasteiger partial charge on any atom is -0.495 e. The Hall–Kier alpha value is -3.09. The molecule has 3 aromatic carbocycles. The van der Waals surface area contributed by atoms with E-state index in [4.69, 9.17) is 4.74 Å². The third kappa shape index (κ3) is 4.02. The number of rotatable bonds is 6. The van der Waals surface area contributed by atoms with Crippen molar-refractivity contribution in [3.8, 4) is 17.0 Å². The summed E-state index contributed by atoms with van der Waals surface area (Å²) in [5.74, 6) is 1.97. The molecule has 1 aliphatic heterocycles. The van der Waals surface area contributed by atoms with Gasteiger partial charge >= 0.3 is 0 Å². The van der Waals surface area contributed by atoms with Crippen LogP contribution in [0.2, 0.25) is 0 Å². The fraction of sp³-hybridized carbons (Fsp3) is 0.333. The van der Waals surface area contributed by atoms with E-state index in [2.05, 4.69) is 54.1 Å². The third-order valence-electron chi connectivity index (χ3n) is 7.77. The first-order valence-electron chi connectivity index (χ1n) is 12.8. The Morgan fingerprint density at radius 2 is 1.50 bits per heavy atom. The van der Waals surface area contributed by atoms with Crippen LogP contribution in [-0.4, -0.2) is 38.9 Å². The molecule has 0 spiro atoms. The quantitative estimate of drug-likeness (QED) is 0.270. The maximum atomic E-state index is 13.2. The monoisotopic (exact) mass is 503 g/mol. The van der Waals surface area contributed by atoms with Crippen LogP contribution in [0.5, 0.6) is 5.75 Å². The molecule has 1 aliphatic rings. The van der Waals surface area contributed by atoms with Crippen LogP contribution in [0, 0.1) is 0 Å². The van der Waals surface area contributed by atoms with Crippen LogP contribution in [-0.2, 0) is 16.9 Å². The Balaban J connectivity index is 1.77. The van der Waals surface area contributed by atoms with E-state index in [-0.39, 0.29) is 5.75 Å². The minimum atomic E-state index is -3.44. The van der Waals surface area contributed by atoms with Crippen molar-refractivity contribution in [1.29, 1.82) is 0 Å². The van der Waals surface area contributed by atoms with Crippen LogP contribution in [0.4, 0.5) is 11.5 Å². The van der Waals surface area contributed by atoms with Crippen LogP contribution in [0.3, 0.4) is 0 Å². The molecule has 36 heavy (non-hydrogen) atoms. The molecule has 0 aliphatic carbocycles. The van der Waals surface area contributed by atoms with Gasteiger partial charge in [-0.2, -0.15) is 0 Å². The lowest BCUT2D eigenvalue weighted by molar-refractivity contribution is 0.377. The predicted octanol–water partition coefficient (Wildman–Crippen LogP) is 6.86. The average Bonchev–Trinajstić information content (AvgIpc) is 3.13. The molecular weight excluding hydrogens is 468 g/mol. The van der Waals surface area contributed by atoms with Crippen LogP contribution < -0.4 is 9.22 Å². The Kier molecular flexibility index (Phi) is 6.66. The molecule has 4 aromatic rings. The molecule has 1 aromatic heterocycles. The molecular formula is C30H35N2O3S+. The van der Waals surface area contributed by atoms with E-state index < -0.39 is 9.84 Å². The molecule has 0 saturated carbocycles. The molecule has 1 saturated heterocycles. The van der Waals surface area contributed by atoms with E-state index in [0.717, 1.165) is 34.2 Å². The highest BCUT2D eigenvalue weighted by molar-refractivity contribution is 7.91. The summed E-state index contributed by atoms with van der Waals surface area (Å²) in [6.07, 6.45) is 4.85. The largest absolute Gasteiger partial charge is 0.495 e. The lowest BCUT2D eigenvalue weighted by Crippen LogP contribution is -2.46. The number of methoxy groups -OCH3 is 1. The minimum absolute atomic E-state index is 0.0508. The van der Waals surface area contributed by atoms with Gasteiger partial charge in [-0.25, -0.2) is 12.9 Å². The molecule has 2 heterocycles. The topological polar surface area (TPSA) is 48.3 Å². The number of nitrogens with zero attached hydrogens (tertiary/aromatic N) is 2. The summed E-state index contributed by atoms with van der Waals surface area (Å²) in [4.78, 5) is 0.362. The summed E-state index contributed by atoms with van der Waals surface area (Å²) in [6, 6.07) is 24.6. The zero-order valence-electron chi connectivity index (χ0n) is 21.4. The fourth-order valence-electron chi connectivity index (χ4n) is 5.90. The second kappa shape index (κ2) is 9.75. The van der Waals surface area contributed by atoms with Crippen LogP contribution in [0.25, 0.3) is 22.0 Å². The smallest absolute Gasteiger partial charge is 0.213 e. The molecule has 5 rings (SSSR count). The van der Waals surface area contributed by atoms with E-state index in [1.807, 2.05) is 30.3 Å². The zero-order chi connectivity index (χ0) is 25.3. The molecule has 5 nitrogen and oxygen atoms in total. The van der Waals surface area contributed by atoms with Crippen molar-refractivity contribution in [3.63, 3.8) is 0 Å². The van der Waals surface area contributed by atoms with Crippen molar-refractivity contribution in [2.45, 2.75) is 37.5 Å². The first-order valence-corrected chi connectivity index (χ1v) is 14.5. The molecule has 0 unspecified atom stereocenters. The molecule has 6 heteroatoms. The average molecular weight is 504 g/mol. The lowest BCUT2D eigenvalue weighted by atomic mass is 10.0. The van der Waals surface area contributed by atoms with Crippen LogP contribution in [0.1, 0.15) is 32.6 Å². The SMILES string of the molecule is CCS(=O)(=O)c1cc(-c2ccc([N+]3(c4ccccc4)CCCCCC3)n2C)c(OC)c2ccccc12. The fourth-order valence-corrected chi connectivity index (χ4v) is 7.02. The van der Waals surface area contributed by atoms with Gasteiger partial charge in [-0.05, 0) is 49.9 Å². The maximum Gasteiger partial charge on any atom is 0.213 e. The van der Waals surface area contributed by atoms with Crippen molar-refractivity contribution in [1.82, 2.24) is 9.05 Å². The molecule has 1 fully saturated rings. The number of quaternary nitrogens is 1. The van der Waals surface area contributed by atoms with Gasteiger partial charge in [0.15, 0.2) is 9.84 Å². The van der Waals surface area contributed by atoms with E-state index >= 15 is 0 Å². The second-order valence-corrected chi connectivity index (χ2v) is 12.0. The van der Waals surface area contributed by atoms with Gasteiger partial charge in [-0.3, -0.25) is 4.57 Å². The van der Waals surface area contributed by atoms with Crippen molar-refractivity contribution in [2.75, 3.05) is 26.0 Å². The van der Waals surface area contributed by atoms with Gasteiger partial charge in [0.05, 0.1) is 36.5 Å². The second-order valence-electron chi connectivity index (χ2n) is 9.71. The van der Waals surface area contributed by atoms with E-state index in [0.29, 0.717) is 16.0 Å². The van der Waals surface area contributed by atoms with Gasteiger partial charge in [-0.1, -0.05) is 49.4 Å². The first-order chi connectivity index (χ1) is 17.4. The maximum absolute atomic E-state index is 13.2. The summed E-state index contributed by atoms with van der Waals surface area (Å²) in [7, 11) is 0.326. The highest BCUT2D eigenvalue weighted by Gasteiger charge is 2.37. The molecule has 0 atom stereocenters. The van der Waals surface area contributed by atoms with Gasteiger partial charge < -0.3 is 4.74 Å². The van der Waals surface area contributed by atoms with Crippen molar-refractivity contribution in [2.24, 2.45) is 7.05 Å². The molecule has 0 bridgehead atoms. The Bertz CT molecular complexity index is 1480. The normalized spacial score (nSPS) is 16.1. The van der Waals surface area contributed by atoms with Gasteiger partial charge in [0.25, 0.3) is 0 Å². The zero-order valence-corrected chi connectivity index (χ0v) is 22.2. The van der Waals surface area contributed by atoms with Crippen molar-refractivity contribution in [3.05, 3.63) is 72.8 Å². The molecule has 0 N–H and O–H groups in total. The van der Waals surface area contributed by atoms with Crippen LogP contribution in [0.15, 0.2) is 77.7 Å². The summed E-state index contributed by atoms with van der Waals surface area (Å²) < 4.78 is 35.3. The number of ether oxygens (including phenoxy) is 1. The van der Waals surface area contributed by atoms with Gasteiger partial charge in [0.2, 0.25) is 5.82 Å². The summed E-state index contributed by atoms with van der Waals surface area (Å²) in [5.41, 5.74) is 3.06. The van der Waals surface area contributed by atoms with Gasteiger partial charge in [0.1, 0.15) is 11.4 Å². The Morgan fingerprint density at radius 1 is 0.861 bits per heavy atom. The van der Waals surface area contributed by atoms with Gasteiger partial charge in [0, 0.05) is 29.4 Å². The van der Waals surface area contributed by atoms with Crippen molar-refractivity contribution >= 4 is 32.1 Å². The molecule has 0 radical (unpaired) electrons. The van der Waals surface area contributed by atoms with Crippen molar-refractivity contribution < 1.29 is 13.2 Å². The number of hydrogen-bond acceptors (Lipinski definition) is 3. The molecule has 0 amide bonds.